The van der Waals surface area contributed by atoms with Crippen molar-refractivity contribution < 1.29 is 9.53 Å². The Morgan fingerprint density at radius 3 is 2.63 bits per heavy atom. The molecule has 5 nitrogen and oxygen atoms in total. The highest BCUT2D eigenvalue weighted by Gasteiger charge is 2.25. The molecule has 0 aliphatic carbocycles. The van der Waals surface area contributed by atoms with Crippen LogP contribution in [0.15, 0.2) is 42.5 Å². The molecule has 1 aliphatic rings. The van der Waals surface area contributed by atoms with Gasteiger partial charge in [-0.05, 0) is 49.7 Å². The molecule has 4 rings (SSSR count). The monoisotopic (exact) mass is 379 g/mol. The van der Waals surface area contributed by atoms with Gasteiger partial charge in [0.25, 0.3) is 5.91 Å². The van der Waals surface area contributed by atoms with Crippen molar-refractivity contribution in [3.8, 4) is 11.4 Å². The first-order valence-corrected chi connectivity index (χ1v) is 9.94. The van der Waals surface area contributed by atoms with Crippen LogP contribution in [0.3, 0.4) is 0 Å². The van der Waals surface area contributed by atoms with E-state index in [1.807, 2.05) is 16.4 Å². The number of aromatic nitrogens is 2. The number of benzene rings is 2. The molecule has 2 heterocycles. The maximum absolute atomic E-state index is 12.8. The van der Waals surface area contributed by atoms with E-state index >= 15 is 0 Å². The van der Waals surface area contributed by atoms with Crippen LogP contribution in [0.1, 0.15) is 32.7 Å². The first kappa shape index (κ1) is 17.7. The zero-order valence-corrected chi connectivity index (χ0v) is 16.4. The fraction of sp³-hybridized carbons (Fsp3) is 0.238. The molecular weight excluding hydrogens is 358 g/mol. The fourth-order valence-electron chi connectivity index (χ4n) is 3.28. The van der Waals surface area contributed by atoms with Crippen molar-refractivity contribution in [2.24, 2.45) is 0 Å². The van der Waals surface area contributed by atoms with Crippen molar-refractivity contribution in [3.63, 3.8) is 0 Å². The lowest BCUT2D eigenvalue weighted by atomic mass is 10.1. The van der Waals surface area contributed by atoms with Gasteiger partial charge in [-0.15, -0.1) is 0 Å². The number of amides is 1. The van der Waals surface area contributed by atoms with Gasteiger partial charge < -0.3 is 10.1 Å². The van der Waals surface area contributed by atoms with Gasteiger partial charge in [-0.25, -0.2) is 4.68 Å². The van der Waals surface area contributed by atoms with Crippen LogP contribution in [0.2, 0.25) is 0 Å². The molecule has 0 saturated heterocycles. The number of aryl methyl sites for hydroxylation is 2. The number of fused-ring (bicyclic) bond motifs is 1. The van der Waals surface area contributed by atoms with E-state index in [9.17, 15) is 4.79 Å². The quantitative estimate of drug-likeness (QED) is 0.725. The van der Waals surface area contributed by atoms with Crippen molar-refractivity contribution >= 4 is 23.5 Å². The van der Waals surface area contributed by atoms with Gasteiger partial charge in [0.15, 0.2) is 0 Å². The summed E-state index contributed by atoms with van der Waals surface area (Å²) in [6.07, 6.45) is 0. The molecule has 6 heteroatoms. The van der Waals surface area contributed by atoms with Crippen LogP contribution in [0, 0.1) is 13.8 Å². The average molecular weight is 379 g/mol. The van der Waals surface area contributed by atoms with Crippen LogP contribution in [0.5, 0.6) is 5.75 Å². The molecule has 138 valence electrons. The average Bonchev–Trinajstić information content (AvgIpc) is 3.24. The van der Waals surface area contributed by atoms with Crippen LogP contribution >= 0.6 is 11.8 Å². The molecule has 0 unspecified atom stereocenters. The lowest BCUT2D eigenvalue weighted by Gasteiger charge is -2.13. The first-order chi connectivity index (χ1) is 13.1. The lowest BCUT2D eigenvalue weighted by Crippen LogP contribution is -2.16. The molecule has 3 aromatic rings. The molecule has 0 fully saturated rings. The van der Waals surface area contributed by atoms with E-state index in [1.54, 1.807) is 31.4 Å². The molecule has 0 spiro atoms. The van der Waals surface area contributed by atoms with E-state index in [1.165, 1.54) is 5.56 Å². The molecule has 1 N–H and O–H groups in total. The minimum atomic E-state index is -0.150. The maximum atomic E-state index is 12.8. The summed E-state index contributed by atoms with van der Waals surface area (Å²) in [6, 6.07) is 13.4. The second-order valence-electron chi connectivity index (χ2n) is 6.65. The zero-order chi connectivity index (χ0) is 19.0. The normalized spacial score (nSPS) is 12.7. The zero-order valence-electron chi connectivity index (χ0n) is 15.6. The number of nitrogens with zero attached hydrogens (tertiary/aromatic N) is 2. The third kappa shape index (κ3) is 3.32. The summed E-state index contributed by atoms with van der Waals surface area (Å²) >= 11 is 1.82. The summed E-state index contributed by atoms with van der Waals surface area (Å²) < 4.78 is 7.04. The van der Waals surface area contributed by atoms with Crippen molar-refractivity contribution in [2.45, 2.75) is 25.4 Å². The summed E-state index contributed by atoms with van der Waals surface area (Å²) in [5.74, 6) is 3.08. The number of rotatable bonds is 4. The number of thioether (sulfide) groups is 1. The van der Waals surface area contributed by atoms with Gasteiger partial charge in [0.2, 0.25) is 0 Å². The van der Waals surface area contributed by atoms with Crippen molar-refractivity contribution in [3.05, 3.63) is 70.4 Å². The third-order valence-corrected chi connectivity index (χ3v) is 5.69. The van der Waals surface area contributed by atoms with Crippen molar-refractivity contribution in [1.82, 2.24) is 9.78 Å². The van der Waals surface area contributed by atoms with E-state index in [4.69, 9.17) is 9.84 Å². The second kappa shape index (κ2) is 7.12. The van der Waals surface area contributed by atoms with Gasteiger partial charge in [-0.2, -0.15) is 16.9 Å². The molecular formula is C21H21N3O2S. The molecule has 0 atom stereocenters. The van der Waals surface area contributed by atoms with E-state index < -0.39 is 0 Å². The number of hydrogen-bond acceptors (Lipinski definition) is 4. The Hall–Kier alpha value is -2.73. The summed E-state index contributed by atoms with van der Waals surface area (Å²) in [7, 11) is 1.61. The highest BCUT2D eigenvalue weighted by molar-refractivity contribution is 7.98. The Bertz CT molecular complexity index is 1010. The summed E-state index contributed by atoms with van der Waals surface area (Å²) in [4.78, 5) is 12.8. The third-order valence-electron chi connectivity index (χ3n) is 4.72. The minimum Gasteiger partial charge on any atom is -0.497 e. The predicted octanol–water partition coefficient (Wildman–Crippen LogP) is 4.50. The van der Waals surface area contributed by atoms with Crippen LogP contribution in [-0.2, 0) is 11.5 Å². The Morgan fingerprint density at radius 2 is 1.93 bits per heavy atom. The Morgan fingerprint density at radius 1 is 1.15 bits per heavy atom. The van der Waals surface area contributed by atoms with Gasteiger partial charge in [0, 0.05) is 22.6 Å². The first-order valence-electron chi connectivity index (χ1n) is 8.78. The largest absolute Gasteiger partial charge is 0.497 e. The molecule has 2 aromatic carbocycles. The molecule has 0 saturated carbocycles. The number of hydrogen-bond donors (Lipinski definition) is 1. The fourth-order valence-corrected chi connectivity index (χ4v) is 4.32. The number of ether oxygens (including phenoxy) is 1. The number of carbonyl (C=O) groups is 1. The topological polar surface area (TPSA) is 56.1 Å². The number of anilines is 1. The SMILES string of the molecule is COc1ccc(C(=O)Nc2c3c(nn2-c2ccc(C)cc2C)CSC3)cc1. The van der Waals surface area contributed by atoms with Crippen LogP contribution in [0.25, 0.3) is 5.69 Å². The van der Waals surface area contributed by atoms with Gasteiger partial charge in [0.1, 0.15) is 11.6 Å². The lowest BCUT2D eigenvalue weighted by molar-refractivity contribution is 0.102. The molecule has 1 aromatic heterocycles. The summed E-state index contributed by atoms with van der Waals surface area (Å²) in [5, 5.41) is 7.88. The maximum Gasteiger partial charge on any atom is 0.256 e. The van der Waals surface area contributed by atoms with Gasteiger partial charge >= 0.3 is 0 Å². The summed E-state index contributed by atoms with van der Waals surface area (Å²) in [5.41, 5.74) is 6.07. The van der Waals surface area contributed by atoms with Crippen LogP contribution in [-0.4, -0.2) is 22.8 Å². The van der Waals surface area contributed by atoms with Crippen LogP contribution in [0.4, 0.5) is 5.82 Å². The van der Waals surface area contributed by atoms with E-state index in [-0.39, 0.29) is 5.91 Å². The molecule has 1 aliphatic heterocycles. The molecule has 0 bridgehead atoms. The molecule has 1 amide bonds. The highest BCUT2D eigenvalue weighted by Crippen LogP contribution is 2.36. The van der Waals surface area contributed by atoms with E-state index in [2.05, 4.69) is 37.4 Å². The Kier molecular flexibility index (Phi) is 4.66. The van der Waals surface area contributed by atoms with Crippen molar-refractivity contribution in [2.75, 3.05) is 12.4 Å². The van der Waals surface area contributed by atoms with E-state index in [0.29, 0.717) is 5.56 Å². The minimum absolute atomic E-state index is 0.150. The number of methoxy groups -OCH3 is 1. The smallest absolute Gasteiger partial charge is 0.256 e. The second-order valence-corrected chi connectivity index (χ2v) is 7.64. The summed E-state index contributed by atoms with van der Waals surface area (Å²) in [6.45, 7) is 4.14. The Labute approximate surface area is 162 Å². The van der Waals surface area contributed by atoms with Crippen molar-refractivity contribution in [1.29, 1.82) is 0 Å². The molecule has 0 radical (unpaired) electrons. The molecule has 27 heavy (non-hydrogen) atoms. The predicted molar refractivity (Wildman–Crippen MR) is 109 cm³/mol. The number of nitrogens with one attached hydrogen (secondary N) is 1. The standard InChI is InChI=1S/C21H21N3O2S/c1-13-4-9-19(14(2)10-13)24-20(17-11-27-12-18(17)23-24)22-21(25)15-5-7-16(26-3)8-6-15/h4-10H,11-12H2,1-3H3,(H,22,25). The van der Waals surface area contributed by atoms with Gasteiger partial charge in [-0.1, -0.05) is 17.7 Å². The number of carbonyl (C=O) groups excluding carboxylic acids is 1. The van der Waals surface area contributed by atoms with E-state index in [0.717, 1.165) is 45.6 Å². The van der Waals surface area contributed by atoms with Crippen LogP contribution < -0.4 is 10.1 Å². The Balaban J connectivity index is 1.72. The van der Waals surface area contributed by atoms with Gasteiger partial charge in [-0.3, -0.25) is 4.79 Å². The van der Waals surface area contributed by atoms with Gasteiger partial charge in [0.05, 0.1) is 18.5 Å². The highest BCUT2D eigenvalue weighted by atomic mass is 32.2.